The summed E-state index contributed by atoms with van der Waals surface area (Å²) < 4.78 is 13.8. The molecule has 0 aliphatic rings. The van der Waals surface area contributed by atoms with Crippen molar-refractivity contribution in [3.05, 3.63) is 11.4 Å². The van der Waals surface area contributed by atoms with Crippen LogP contribution < -0.4 is 5.73 Å². The Labute approximate surface area is 77.7 Å². The number of alkyl halides is 1. The van der Waals surface area contributed by atoms with E-state index >= 15 is 0 Å². The van der Waals surface area contributed by atoms with Crippen LogP contribution in [-0.2, 0) is 19.4 Å². The van der Waals surface area contributed by atoms with Crippen molar-refractivity contribution in [2.45, 2.75) is 33.2 Å². The van der Waals surface area contributed by atoms with Crippen LogP contribution in [0, 0.1) is 0 Å². The molecule has 1 rings (SSSR count). The van der Waals surface area contributed by atoms with E-state index in [1.165, 1.54) is 0 Å². The third kappa shape index (κ3) is 1.82. The van der Waals surface area contributed by atoms with Crippen molar-refractivity contribution in [2.75, 3.05) is 12.4 Å². The Morgan fingerprint density at radius 2 is 2.08 bits per heavy atom. The van der Waals surface area contributed by atoms with E-state index in [2.05, 4.69) is 5.10 Å². The first-order valence-corrected chi connectivity index (χ1v) is 4.64. The molecule has 13 heavy (non-hydrogen) atoms. The minimum Gasteiger partial charge on any atom is -0.396 e. The average molecular weight is 185 g/mol. The maximum Gasteiger partial charge on any atom is 0.109 e. The summed E-state index contributed by atoms with van der Waals surface area (Å²) in [6.07, 6.45) is 1.61. The van der Waals surface area contributed by atoms with Crippen LogP contribution in [0.5, 0.6) is 0 Å². The molecular formula is C9H16FN3. The molecule has 74 valence electrons. The van der Waals surface area contributed by atoms with Crippen molar-refractivity contribution < 1.29 is 4.39 Å². The maximum absolute atomic E-state index is 12.1. The lowest BCUT2D eigenvalue weighted by Crippen LogP contribution is -2.06. The lowest BCUT2D eigenvalue weighted by Gasteiger charge is -2.02. The zero-order valence-electron chi connectivity index (χ0n) is 8.18. The largest absolute Gasteiger partial charge is 0.396 e. The smallest absolute Gasteiger partial charge is 0.109 e. The Kier molecular flexibility index (Phi) is 3.28. The summed E-state index contributed by atoms with van der Waals surface area (Å²) in [4.78, 5) is 0. The first kappa shape index (κ1) is 10.0. The number of nitrogens with two attached hydrogens (primary N) is 1. The van der Waals surface area contributed by atoms with Gasteiger partial charge in [-0.05, 0) is 12.8 Å². The molecule has 0 atom stereocenters. The van der Waals surface area contributed by atoms with E-state index in [4.69, 9.17) is 5.73 Å². The van der Waals surface area contributed by atoms with Gasteiger partial charge < -0.3 is 5.73 Å². The summed E-state index contributed by atoms with van der Waals surface area (Å²) in [6, 6.07) is 0. The first-order valence-electron chi connectivity index (χ1n) is 4.64. The van der Waals surface area contributed by atoms with Crippen molar-refractivity contribution in [2.24, 2.45) is 0 Å². The van der Waals surface area contributed by atoms with Crippen molar-refractivity contribution in [1.29, 1.82) is 0 Å². The van der Waals surface area contributed by atoms with Crippen LogP contribution in [0.25, 0.3) is 0 Å². The zero-order valence-corrected chi connectivity index (χ0v) is 8.18. The average Bonchev–Trinajstić information content (AvgIpc) is 2.43. The van der Waals surface area contributed by atoms with E-state index in [0.717, 1.165) is 29.9 Å². The molecule has 0 aliphatic carbocycles. The van der Waals surface area contributed by atoms with Gasteiger partial charge in [0.1, 0.15) is 6.67 Å². The Hall–Kier alpha value is -1.06. The van der Waals surface area contributed by atoms with Gasteiger partial charge in [0.2, 0.25) is 0 Å². The molecule has 0 amide bonds. The quantitative estimate of drug-likeness (QED) is 0.773. The van der Waals surface area contributed by atoms with Crippen LogP contribution in [0.15, 0.2) is 0 Å². The number of anilines is 1. The molecule has 0 bridgehead atoms. The second-order valence-corrected chi connectivity index (χ2v) is 2.93. The molecule has 0 radical (unpaired) electrons. The Morgan fingerprint density at radius 1 is 1.38 bits per heavy atom. The van der Waals surface area contributed by atoms with E-state index in [0.29, 0.717) is 6.54 Å². The SMILES string of the molecule is CCc1nn(CCF)c(CC)c1N. The third-order valence-corrected chi connectivity index (χ3v) is 2.14. The van der Waals surface area contributed by atoms with Gasteiger partial charge in [0.05, 0.1) is 23.6 Å². The fourth-order valence-electron chi connectivity index (χ4n) is 1.46. The van der Waals surface area contributed by atoms with Crippen molar-refractivity contribution in [3.8, 4) is 0 Å². The van der Waals surface area contributed by atoms with Crippen molar-refractivity contribution >= 4 is 5.69 Å². The number of rotatable bonds is 4. The molecule has 2 N–H and O–H groups in total. The molecule has 1 heterocycles. The molecule has 4 heteroatoms. The van der Waals surface area contributed by atoms with Crippen molar-refractivity contribution in [3.63, 3.8) is 0 Å². The van der Waals surface area contributed by atoms with E-state index in [-0.39, 0.29) is 0 Å². The second kappa shape index (κ2) is 4.25. The molecule has 0 aromatic carbocycles. The number of nitrogen functional groups attached to an aromatic ring is 1. The van der Waals surface area contributed by atoms with Crippen LogP contribution in [-0.4, -0.2) is 16.5 Å². The molecule has 0 aliphatic heterocycles. The number of hydrogen-bond donors (Lipinski definition) is 1. The number of halogens is 1. The standard InChI is InChI=1S/C9H16FN3/c1-3-7-9(11)8(4-2)13(12-7)6-5-10/h3-6,11H2,1-2H3. The van der Waals surface area contributed by atoms with Gasteiger partial charge in [-0.2, -0.15) is 5.10 Å². The van der Waals surface area contributed by atoms with Gasteiger partial charge in [0.25, 0.3) is 0 Å². The first-order chi connectivity index (χ1) is 6.24. The summed E-state index contributed by atoms with van der Waals surface area (Å²) in [5.74, 6) is 0. The lowest BCUT2D eigenvalue weighted by atomic mass is 10.2. The van der Waals surface area contributed by atoms with Crippen LogP contribution in [0.3, 0.4) is 0 Å². The molecular weight excluding hydrogens is 169 g/mol. The van der Waals surface area contributed by atoms with E-state index in [1.807, 2.05) is 13.8 Å². The van der Waals surface area contributed by atoms with Crippen LogP contribution >= 0.6 is 0 Å². The van der Waals surface area contributed by atoms with Gasteiger partial charge in [-0.3, -0.25) is 4.68 Å². The molecule has 1 aromatic heterocycles. The topological polar surface area (TPSA) is 43.8 Å². The third-order valence-electron chi connectivity index (χ3n) is 2.14. The van der Waals surface area contributed by atoms with Gasteiger partial charge in [-0.15, -0.1) is 0 Å². The predicted octanol–water partition coefficient (Wildman–Crippen LogP) is 1.56. The monoisotopic (exact) mass is 185 g/mol. The van der Waals surface area contributed by atoms with Crippen LogP contribution in [0.4, 0.5) is 10.1 Å². The van der Waals surface area contributed by atoms with Gasteiger partial charge in [0.15, 0.2) is 0 Å². The summed E-state index contributed by atoms with van der Waals surface area (Å²) in [6.45, 7) is 3.92. The predicted molar refractivity (Wildman–Crippen MR) is 51.4 cm³/mol. The van der Waals surface area contributed by atoms with Gasteiger partial charge in [-0.1, -0.05) is 13.8 Å². The highest BCUT2D eigenvalue weighted by atomic mass is 19.1. The zero-order chi connectivity index (χ0) is 9.84. The molecule has 0 saturated carbocycles. The molecule has 0 fully saturated rings. The Bertz CT molecular complexity index is 281. The summed E-state index contributed by atoms with van der Waals surface area (Å²) in [5, 5.41) is 4.24. The number of nitrogens with zero attached hydrogens (tertiary/aromatic N) is 2. The summed E-state index contributed by atoms with van der Waals surface area (Å²) in [7, 11) is 0. The lowest BCUT2D eigenvalue weighted by molar-refractivity contribution is 0.419. The Morgan fingerprint density at radius 3 is 2.54 bits per heavy atom. The highest BCUT2D eigenvalue weighted by Gasteiger charge is 2.11. The maximum atomic E-state index is 12.1. The van der Waals surface area contributed by atoms with E-state index in [1.54, 1.807) is 4.68 Å². The fourth-order valence-corrected chi connectivity index (χ4v) is 1.46. The van der Waals surface area contributed by atoms with Crippen LogP contribution in [0.1, 0.15) is 25.2 Å². The van der Waals surface area contributed by atoms with E-state index in [9.17, 15) is 4.39 Å². The Balaban J connectivity index is 3.04. The van der Waals surface area contributed by atoms with Crippen LogP contribution in [0.2, 0.25) is 0 Å². The molecule has 3 nitrogen and oxygen atoms in total. The van der Waals surface area contributed by atoms with Gasteiger partial charge in [-0.25, -0.2) is 4.39 Å². The molecule has 0 unspecified atom stereocenters. The number of hydrogen-bond acceptors (Lipinski definition) is 2. The highest BCUT2D eigenvalue weighted by molar-refractivity contribution is 5.48. The molecule has 0 spiro atoms. The second-order valence-electron chi connectivity index (χ2n) is 2.93. The number of aromatic nitrogens is 2. The van der Waals surface area contributed by atoms with E-state index < -0.39 is 6.67 Å². The summed E-state index contributed by atoms with van der Waals surface area (Å²) >= 11 is 0. The minimum absolute atomic E-state index is 0.313. The summed E-state index contributed by atoms with van der Waals surface area (Å²) in [5.41, 5.74) is 8.42. The molecule has 1 aromatic rings. The molecule has 0 saturated heterocycles. The normalized spacial score (nSPS) is 10.7. The van der Waals surface area contributed by atoms with Gasteiger partial charge >= 0.3 is 0 Å². The number of aryl methyl sites for hydroxylation is 2. The van der Waals surface area contributed by atoms with Crippen molar-refractivity contribution in [1.82, 2.24) is 9.78 Å². The van der Waals surface area contributed by atoms with Gasteiger partial charge in [0, 0.05) is 0 Å². The minimum atomic E-state index is -0.392. The fraction of sp³-hybridized carbons (Fsp3) is 0.667. The highest BCUT2D eigenvalue weighted by Crippen LogP contribution is 2.18.